The van der Waals surface area contributed by atoms with E-state index in [1.807, 2.05) is 45.0 Å². The summed E-state index contributed by atoms with van der Waals surface area (Å²) in [6.07, 6.45) is -0.231. The van der Waals surface area contributed by atoms with Gasteiger partial charge >= 0.3 is 0 Å². The van der Waals surface area contributed by atoms with E-state index in [2.05, 4.69) is 15.1 Å². The van der Waals surface area contributed by atoms with Gasteiger partial charge in [0.25, 0.3) is 5.89 Å². The van der Waals surface area contributed by atoms with Crippen molar-refractivity contribution in [3.8, 4) is 11.5 Å². The Kier molecular flexibility index (Phi) is 4.25. The molecule has 3 aromatic rings. The lowest BCUT2D eigenvalue weighted by Gasteiger charge is -2.16. The van der Waals surface area contributed by atoms with Crippen LogP contribution in [0.2, 0.25) is 0 Å². The Morgan fingerprint density at radius 3 is 2.83 bits per heavy atom. The second-order valence-corrected chi connectivity index (χ2v) is 5.67. The molecule has 1 unspecified atom stereocenters. The topological polar surface area (TPSA) is 81.0 Å². The quantitative estimate of drug-likeness (QED) is 0.781. The van der Waals surface area contributed by atoms with E-state index in [-0.39, 0.29) is 17.6 Å². The molecule has 120 valence electrons. The van der Waals surface area contributed by atoms with Gasteiger partial charge in [0.2, 0.25) is 11.4 Å². The third-order valence-corrected chi connectivity index (χ3v) is 3.63. The molecule has 0 aliphatic rings. The van der Waals surface area contributed by atoms with E-state index in [1.165, 1.54) is 6.07 Å². The van der Waals surface area contributed by atoms with Gasteiger partial charge in [0, 0.05) is 23.6 Å². The zero-order valence-corrected chi connectivity index (χ0v) is 13.4. The van der Waals surface area contributed by atoms with E-state index in [0.717, 1.165) is 10.9 Å². The first-order chi connectivity index (χ1) is 11.1. The van der Waals surface area contributed by atoms with E-state index in [4.69, 9.17) is 9.26 Å². The lowest BCUT2D eigenvalue weighted by atomic mass is 10.1. The molecule has 0 spiro atoms. The Hall–Kier alpha value is -2.47. The molecule has 6 heteroatoms. The summed E-state index contributed by atoms with van der Waals surface area (Å²) in [5.41, 5.74) is 1.16. The molecule has 6 nitrogen and oxygen atoms in total. The predicted molar refractivity (Wildman–Crippen MR) is 87.1 cm³/mol. The Balaban J connectivity index is 2.09. The number of fused-ring (bicyclic) bond motifs is 1. The predicted octanol–water partition coefficient (Wildman–Crippen LogP) is 3.31. The second-order valence-electron chi connectivity index (χ2n) is 5.67. The number of nitrogens with zero attached hydrogens (tertiary/aromatic N) is 2. The fourth-order valence-corrected chi connectivity index (χ4v) is 2.59. The summed E-state index contributed by atoms with van der Waals surface area (Å²) in [5, 5.41) is 4.91. The summed E-state index contributed by atoms with van der Waals surface area (Å²) in [5.74, 6) is 1.05. The maximum absolute atomic E-state index is 11.9. The number of pyridine rings is 1. The summed E-state index contributed by atoms with van der Waals surface area (Å²) >= 11 is 0. The van der Waals surface area contributed by atoms with Gasteiger partial charge in [-0.1, -0.05) is 37.2 Å². The number of nitrogens with one attached hydrogen (secondary N) is 1. The third kappa shape index (κ3) is 3.03. The van der Waals surface area contributed by atoms with Gasteiger partial charge in [0.15, 0.2) is 0 Å². The SMILES string of the molecule is CCOC(c1noc(-c2cc(=O)[nH]c3ccccc23)n1)C(C)C. The number of para-hydroxylation sites is 1. The van der Waals surface area contributed by atoms with Crippen molar-refractivity contribution in [3.05, 3.63) is 46.5 Å². The van der Waals surface area contributed by atoms with Crippen LogP contribution in [-0.2, 0) is 4.74 Å². The maximum Gasteiger partial charge on any atom is 0.258 e. The van der Waals surface area contributed by atoms with Crippen LogP contribution in [0.15, 0.2) is 39.6 Å². The summed E-state index contributed by atoms with van der Waals surface area (Å²) < 4.78 is 11.1. The summed E-state index contributed by atoms with van der Waals surface area (Å²) in [6, 6.07) is 9.00. The van der Waals surface area contributed by atoms with E-state index in [1.54, 1.807) is 0 Å². The Bertz CT molecular complexity index is 867. The second kappa shape index (κ2) is 6.34. The van der Waals surface area contributed by atoms with Gasteiger partial charge in [0.05, 0.1) is 5.56 Å². The molecule has 0 amide bonds. The summed E-state index contributed by atoms with van der Waals surface area (Å²) in [6.45, 7) is 6.58. The zero-order valence-electron chi connectivity index (χ0n) is 13.4. The van der Waals surface area contributed by atoms with Crippen LogP contribution in [0, 0.1) is 5.92 Å². The molecule has 3 rings (SSSR count). The highest BCUT2D eigenvalue weighted by atomic mass is 16.5. The standard InChI is InChI=1S/C17H19N3O3/c1-4-22-15(10(2)3)16-19-17(23-20-16)12-9-14(21)18-13-8-6-5-7-11(12)13/h5-10,15H,4H2,1-3H3,(H,18,21). The minimum absolute atomic E-state index is 0.205. The lowest BCUT2D eigenvalue weighted by Crippen LogP contribution is -2.12. The number of aromatic amines is 1. The number of aromatic nitrogens is 3. The van der Waals surface area contributed by atoms with Gasteiger partial charge in [-0.25, -0.2) is 0 Å². The fourth-order valence-electron chi connectivity index (χ4n) is 2.59. The molecule has 0 saturated heterocycles. The van der Waals surface area contributed by atoms with Gasteiger partial charge in [-0.3, -0.25) is 4.79 Å². The van der Waals surface area contributed by atoms with Crippen molar-refractivity contribution >= 4 is 10.9 Å². The molecule has 1 aromatic carbocycles. The van der Waals surface area contributed by atoms with Gasteiger partial charge in [-0.05, 0) is 18.9 Å². The molecule has 2 heterocycles. The van der Waals surface area contributed by atoms with Gasteiger partial charge in [-0.2, -0.15) is 4.98 Å². The molecular formula is C17H19N3O3. The molecule has 0 fully saturated rings. The first-order valence-electron chi connectivity index (χ1n) is 7.67. The van der Waals surface area contributed by atoms with Crippen molar-refractivity contribution in [2.75, 3.05) is 6.61 Å². The van der Waals surface area contributed by atoms with Crippen LogP contribution in [0.25, 0.3) is 22.4 Å². The highest BCUT2D eigenvalue weighted by Crippen LogP contribution is 2.28. The van der Waals surface area contributed by atoms with Crippen LogP contribution >= 0.6 is 0 Å². The number of hydrogen-bond acceptors (Lipinski definition) is 5. The van der Waals surface area contributed by atoms with Crippen LogP contribution in [-0.4, -0.2) is 21.7 Å². The van der Waals surface area contributed by atoms with Crippen molar-refractivity contribution in [1.29, 1.82) is 0 Å². The van der Waals surface area contributed by atoms with E-state index < -0.39 is 0 Å². The molecule has 0 radical (unpaired) electrons. The molecule has 0 aliphatic carbocycles. The minimum Gasteiger partial charge on any atom is -0.370 e. The highest BCUT2D eigenvalue weighted by molar-refractivity contribution is 5.91. The molecule has 1 N–H and O–H groups in total. The Labute approximate surface area is 133 Å². The van der Waals surface area contributed by atoms with E-state index in [9.17, 15) is 4.79 Å². The first kappa shape index (κ1) is 15.4. The normalized spacial score (nSPS) is 12.9. The van der Waals surface area contributed by atoms with Gasteiger partial charge in [-0.15, -0.1) is 0 Å². The maximum atomic E-state index is 11.9. The average molecular weight is 313 g/mol. The van der Waals surface area contributed by atoms with Crippen LogP contribution in [0.1, 0.15) is 32.7 Å². The minimum atomic E-state index is -0.231. The summed E-state index contributed by atoms with van der Waals surface area (Å²) in [7, 11) is 0. The van der Waals surface area contributed by atoms with Crippen molar-refractivity contribution in [2.45, 2.75) is 26.9 Å². The van der Waals surface area contributed by atoms with Crippen molar-refractivity contribution in [3.63, 3.8) is 0 Å². The number of H-pyrrole nitrogens is 1. The lowest BCUT2D eigenvalue weighted by molar-refractivity contribution is 0.0217. The number of benzene rings is 1. The number of rotatable bonds is 5. The molecule has 1 atom stereocenters. The summed E-state index contributed by atoms with van der Waals surface area (Å²) in [4.78, 5) is 19.1. The molecule has 0 saturated carbocycles. The molecule has 0 bridgehead atoms. The molecular weight excluding hydrogens is 294 g/mol. The van der Waals surface area contributed by atoms with Gasteiger partial charge < -0.3 is 14.2 Å². The van der Waals surface area contributed by atoms with Crippen LogP contribution in [0.5, 0.6) is 0 Å². The fraction of sp³-hybridized carbons (Fsp3) is 0.353. The average Bonchev–Trinajstić information content (AvgIpc) is 3.00. The number of hydrogen-bond donors (Lipinski definition) is 1. The Morgan fingerprint density at radius 1 is 1.30 bits per heavy atom. The van der Waals surface area contributed by atoms with Crippen LogP contribution in [0.4, 0.5) is 0 Å². The largest absolute Gasteiger partial charge is 0.370 e. The van der Waals surface area contributed by atoms with E-state index >= 15 is 0 Å². The van der Waals surface area contributed by atoms with Crippen molar-refractivity contribution < 1.29 is 9.26 Å². The monoisotopic (exact) mass is 313 g/mol. The molecule has 23 heavy (non-hydrogen) atoms. The van der Waals surface area contributed by atoms with Crippen molar-refractivity contribution in [1.82, 2.24) is 15.1 Å². The van der Waals surface area contributed by atoms with Crippen LogP contribution in [0.3, 0.4) is 0 Å². The molecule has 0 aliphatic heterocycles. The van der Waals surface area contributed by atoms with Crippen LogP contribution < -0.4 is 5.56 Å². The smallest absolute Gasteiger partial charge is 0.258 e. The van der Waals surface area contributed by atoms with Crippen molar-refractivity contribution in [2.24, 2.45) is 5.92 Å². The highest BCUT2D eigenvalue weighted by Gasteiger charge is 2.23. The first-order valence-corrected chi connectivity index (χ1v) is 7.67. The van der Waals surface area contributed by atoms with E-state index in [0.29, 0.717) is 23.9 Å². The zero-order chi connectivity index (χ0) is 16.4. The Morgan fingerprint density at radius 2 is 2.09 bits per heavy atom. The van der Waals surface area contributed by atoms with Gasteiger partial charge in [0.1, 0.15) is 6.10 Å². The number of ether oxygens (including phenoxy) is 1. The third-order valence-electron chi connectivity index (χ3n) is 3.63. The molecule has 2 aromatic heterocycles.